The molecule has 0 fully saturated rings. The molecule has 0 radical (unpaired) electrons. The van der Waals surface area contributed by atoms with E-state index in [-0.39, 0.29) is 0 Å². The number of aryl methyl sites for hydroxylation is 1. The Balaban J connectivity index is 1.50. The van der Waals surface area contributed by atoms with Crippen LogP contribution in [0.5, 0.6) is 0 Å². The summed E-state index contributed by atoms with van der Waals surface area (Å²) in [7, 11) is 0. The first-order valence-corrected chi connectivity index (χ1v) is 8.16. The van der Waals surface area contributed by atoms with E-state index in [1.807, 2.05) is 0 Å². The van der Waals surface area contributed by atoms with E-state index in [1.54, 1.807) is 0 Å². The molecule has 112 valence electrons. The molecule has 21 heavy (non-hydrogen) atoms. The molecule has 0 aromatic heterocycles. The molecule has 1 atom stereocenters. The van der Waals surface area contributed by atoms with Gasteiger partial charge in [0.1, 0.15) is 0 Å². The average Bonchev–Trinajstić information content (AvgIpc) is 2.55. The van der Waals surface area contributed by atoms with E-state index in [0.29, 0.717) is 5.92 Å². The van der Waals surface area contributed by atoms with Crippen molar-refractivity contribution in [1.82, 2.24) is 5.32 Å². The lowest BCUT2D eigenvalue weighted by molar-refractivity contribution is 0.571. The Bertz CT molecular complexity index is 478. The van der Waals surface area contributed by atoms with Gasteiger partial charge in [-0.25, -0.2) is 0 Å². The Labute approximate surface area is 129 Å². The molecule has 0 aliphatic carbocycles. The lowest BCUT2D eigenvalue weighted by atomic mass is 10.0. The molecule has 0 amide bonds. The zero-order chi connectivity index (χ0) is 14.8. The molecule has 0 bridgehead atoms. The molecule has 2 aromatic carbocycles. The molecule has 0 aliphatic heterocycles. The van der Waals surface area contributed by atoms with Crippen molar-refractivity contribution in [2.24, 2.45) is 0 Å². The van der Waals surface area contributed by atoms with Crippen LogP contribution >= 0.6 is 0 Å². The summed E-state index contributed by atoms with van der Waals surface area (Å²) in [6.45, 7) is 4.49. The summed E-state index contributed by atoms with van der Waals surface area (Å²) < 4.78 is 0. The van der Waals surface area contributed by atoms with Crippen molar-refractivity contribution in [3.8, 4) is 0 Å². The van der Waals surface area contributed by atoms with Crippen LogP contribution in [-0.4, -0.2) is 13.1 Å². The van der Waals surface area contributed by atoms with Gasteiger partial charge < -0.3 is 5.32 Å². The highest BCUT2D eigenvalue weighted by Gasteiger charge is 2.03. The number of hydrogen-bond donors (Lipinski definition) is 1. The maximum absolute atomic E-state index is 3.58. The second-order valence-corrected chi connectivity index (χ2v) is 5.81. The van der Waals surface area contributed by atoms with E-state index in [1.165, 1.54) is 36.8 Å². The number of nitrogens with one attached hydrogen (secondary N) is 1. The van der Waals surface area contributed by atoms with Gasteiger partial charge in [-0.1, -0.05) is 74.0 Å². The maximum atomic E-state index is 3.58. The highest BCUT2D eigenvalue weighted by molar-refractivity contribution is 5.19. The lowest BCUT2D eigenvalue weighted by Crippen LogP contribution is -2.21. The average molecular weight is 281 g/mol. The monoisotopic (exact) mass is 281 g/mol. The fourth-order valence-corrected chi connectivity index (χ4v) is 2.62. The van der Waals surface area contributed by atoms with Crippen LogP contribution in [0.15, 0.2) is 60.7 Å². The van der Waals surface area contributed by atoms with Gasteiger partial charge in [-0.15, -0.1) is 0 Å². The van der Waals surface area contributed by atoms with E-state index >= 15 is 0 Å². The first-order chi connectivity index (χ1) is 10.4. The standard InChI is InChI=1S/C20H27N/c1-18(20-14-8-3-9-15-20)17-21-16-10-4-7-13-19-11-5-2-6-12-19/h2-3,5-6,8-9,11-12,14-15,18,21H,4,7,10,13,16-17H2,1H3. The van der Waals surface area contributed by atoms with Gasteiger partial charge in [-0.2, -0.15) is 0 Å². The second kappa shape index (κ2) is 9.36. The summed E-state index contributed by atoms with van der Waals surface area (Å²) in [5, 5.41) is 3.58. The number of rotatable bonds is 9. The van der Waals surface area contributed by atoms with Gasteiger partial charge in [0.05, 0.1) is 0 Å². The molecule has 1 nitrogen and oxygen atoms in total. The summed E-state index contributed by atoms with van der Waals surface area (Å²) >= 11 is 0. The van der Waals surface area contributed by atoms with Crippen LogP contribution in [0.2, 0.25) is 0 Å². The van der Waals surface area contributed by atoms with E-state index in [9.17, 15) is 0 Å². The first kappa shape index (κ1) is 15.8. The van der Waals surface area contributed by atoms with E-state index in [2.05, 4.69) is 72.9 Å². The van der Waals surface area contributed by atoms with Gasteiger partial charge in [0.15, 0.2) is 0 Å². The third kappa shape index (κ3) is 6.14. The highest BCUT2D eigenvalue weighted by atomic mass is 14.8. The summed E-state index contributed by atoms with van der Waals surface area (Å²) in [6.07, 6.45) is 5.08. The largest absolute Gasteiger partial charge is 0.316 e. The highest BCUT2D eigenvalue weighted by Crippen LogP contribution is 2.13. The molecular weight excluding hydrogens is 254 g/mol. The molecule has 2 rings (SSSR count). The van der Waals surface area contributed by atoms with Gasteiger partial charge in [0.2, 0.25) is 0 Å². The molecule has 2 aromatic rings. The fraction of sp³-hybridized carbons (Fsp3) is 0.400. The Hall–Kier alpha value is -1.60. The van der Waals surface area contributed by atoms with Gasteiger partial charge in [-0.3, -0.25) is 0 Å². The molecule has 1 N–H and O–H groups in total. The molecule has 0 aliphatic rings. The van der Waals surface area contributed by atoms with Crippen molar-refractivity contribution in [3.63, 3.8) is 0 Å². The maximum Gasteiger partial charge on any atom is 0.00174 e. The number of hydrogen-bond acceptors (Lipinski definition) is 1. The minimum Gasteiger partial charge on any atom is -0.316 e. The first-order valence-electron chi connectivity index (χ1n) is 8.16. The summed E-state index contributed by atoms with van der Waals surface area (Å²) in [5.74, 6) is 0.593. The van der Waals surface area contributed by atoms with Crippen molar-refractivity contribution >= 4 is 0 Å². The van der Waals surface area contributed by atoms with Crippen LogP contribution < -0.4 is 5.32 Å². The molecule has 0 saturated heterocycles. The zero-order valence-electron chi connectivity index (χ0n) is 13.1. The zero-order valence-corrected chi connectivity index (χ0v) is 13.1. The molecule has 1 heteroatoms. The Morgan fingerprint density at radius 1 is 0.810 bits per heavy atom. The Morgan fingerprint density at radius 3 is 2.19 bits per heavy atom. The van der Waals surface area contributed by atoms with Crippen molar-refractivity contribution in [2.45, 2.75) is 38.5 Å². The van der Waals surface area contributed by atoms with Crippen LogP contribution in [0.25, 0.3) is 0 Å². The molecule has 0 heterocycles. The minimum absolute atomic E-state index is 0.593. The van der Waals surface area contributed by atoms with E-state index in [4.69, 9.17) is 0 Å². The molecule has 1 unspecified atom stereocenters. The van der Waals surface area contributed by atoms with E-state index in [0.717, 1.165) is 13.1 Å². The van der Waals surface area contributed by atoms with Crippen LogP contribution in [0.3, 0.4) is 0 Å². The molecule has 0 spiro atoms. The topological polar surface area (TPSA) is 12.0 Å². The smallest absolute Gasteiger partial charge is 0.00174 e. The summed E-state index contributed by atoms with van der Waals surface area (Å²) in [4.78, 5) is 0. The molecule has 0 saturated carbocycles. The third-order valence-electron chi connectivity index (χ3n) is 3.98. The van der Waals surface area contributed by atoms with Gasteiger partial charge >= 0.3 is 0 Å². The van der Waals surface area contributed by atoms with Crippen molar-refractivity contribution in [2.75, 3.05) is 13.1 Å². The van der Waals surface area contributed by atoms with Crippen LogP contribution in [0.1, 0.15) is 43.2 Å². The SMILES string of the molecule is CC(CNCCCCCc1ccccc1)c1ccccc1. The van der Waals surface area contributed by atoms with Crippen molar-refractivity contribution in [3.05, 3.63) is 71.8 Å². The fourth-order valence-electron chi connectivity index (χ4n) is 2.62. The predicted octanol–water partition coefficient (Wildman–Crippen LogP) is 4.79. The second-order valence-electron chi connectivity index (χ2n) is 5.81. The molecular formula is C20H27N. The lowest BCUT2D eigenvalue weighted by Gasteiger charge is -2.12. The summed E-state index contributed by atoms with van der Waals surface area (Å²) in [6, 6.07) is 21.5. The van der Waals surface area contributed by atoms with Crippen LogP contribution in [0, 0.1) is 0 Å². The van der Waals surface area contributed by atoms with Gasteiger partial charge in [0.25, 0.3) is 0 Å². The van der Waals surface area contributed by atoms with Gasteiger partial charge in [-0.05, 0) is 42.9 Å². The van der Waals surface area contributed by atoms with Crippen LogP contribution in [0.4, 0.5) is 0 Å². The number of benzene rings is 2. The number of unbranched alkanes of at least 4 members (excludes halogenated alkanes) is 2. The summed E-state index contributed by atoms with van der Waals surface area (Å²) in [5.41, 5.74) is 2.89. The third-order valence-corrected chi connectivity index (χ3v) is 3.98. The van der Waals surface area contributed by atoms with Crippen LogP contribution in [-0.2, 0) is 6.42 Å². The normalized spacial score (nSPS) is 12.2. The quantitative estimate of drug-likeness (QED) is 0.651. The van der Waals surface area contributed by atoms with Gasteiger partial charge in [0, 0.05) is 6.54 Å². The Morgan fingerprint density at radius 2 is 1.48 bits per heavy atom. The predicted molar refractivity (Wildman–Crippen MR) is 91.7 cm³/mol. The van der Waals surface area contributed by atoms with Crippen molar-refractivity contribution in [1.29, 1.82) is 0 Å². The Kier molecular flexibility index (Phi) is 7.03. The van der Waals surface area contributed by atoms with E-state index < -0.39 is 0 Å². The van der Waals surface area contributed by atoms with Crippen molar-refractivity contribution < 1.29 is 0 Å². The minimum atomic E-state index is 0.593.